The molecule has 0 aliphatic carbocycles. The molecule has 1 N–H and O–H groups in total. The molecule has 0 unspecified atom stereocenters. The molecule has 2 rings (SSSR count). The van der Waals surface area contributed by atoms with Gasteiger partial charge in [0.25, 0.3) is 0 Å². The Morgan fingerprint density at radius 2 is 2.14 bits per heavy atom. The second-order valence-electron chi connectivity index (χ2n) is 5.76. The zero-order valence-corrected chi connectivity index (χ0v) is 15.1. The molecular formula is C16H22BrNO2S. The molecule has 1 saturated heterocycles. The van der Waals surface area contributed by atoms with E-state index in [9.17, 15) is 9.90 Å². The van der Waals surface area contributed by atoms with Crippen LogP contribution in [0.3, 0.4) is 0 Å². The van der Waals surface area contributed by atoms with Gasteiger partial charge in [0.15, 0.2) is 0 Å². The van der Waals surface area contributed by atoms with Crippen LogP contribution in [0.5, 0.6) is 0 Å². The monoisotopic (exact) mass is 371 g/mol. The number of halogens is 1. The van der Waals surface area contributed by atoms with Crippen LogP contribution < -0.4 is 0 Å². The summed E-state index contributed by atoms with van der Waals surface area (Å²) >= 11 is 5.11. The van der Waals surface area contributed by atoms with E-state index in [0.717, 1.165) is 22.3 Å². The van der Waals surface area contributed by atoms with E-state index >= 15 is 0 Å². The summed E-state index contributed by atoms with van der Waals surface area (Å²) in [6.07, 6.45) is 0.984. The third-order valence-electron chi connectivity index (χ3n) is 4.20. The normalized spacial score (nSPS) is 21.9. The van der Waals surface area contributed by atoms with Crippen LogP contribution in [0.2, 0.25) is 0 Å². The Morgan fingerprint density at radius 3 is 2.81 bits per heavy atom. The quantitative estimate of drug-likeness (QED) is 0.824. The van der Waals surface area contributed by atoms with Crippen molar-refractivity contribution < 1.29 is 9.90 Å². The second-order valence-corrected chi connectivity index (χ2v) is 7.63. The highest BCUT2D eigenvalue weighted by Crippen LogP contribution is 2.30. The average molecular weight is 372 g/mol. The fourth-order valence-electron chi connectivity index (χ4n) is 2.73. The number of thioether (sulfide) groups is 1. The zero-order chi connectivity index (χ0) is 15.6. The molecule has 0 saturated carbocycles. The molecule has 1 aliphatic heterocycles. The highest BCUT2D eigenvalue weighted by molar-refractivity contribution is 9.10. The standard InChI is InChI=1S/C16H22BrNO2S/c1-10-4-5-18(14(10)8-19)16(20)9-21-15-7-11(2)13(17)6-12(15)3/h6-7,10,14,19H,4-5,8-9H2,1-3H3/t10-,14-/m0/s1. The minimum absolute atomic E-state index is 0.00847. The first kappa shape index (κ1) is 16.8. The third-order valence-corrected chi connectivity index (χ3v) is 6.19. The summed E-state index contributed by atoms with van der Waals surface area (Å²) in [5.41, 5.74) is 2.36. The highest BCUT2D eigenvalue weighted by atomic mass is 79.9. The number of carbonyl (C=O) groups is 1. The van der Waals surface area contributed by atoms with Crippen molar-refractivity contribution in [2.75, 3.05) is 18.9 Å². The maximum Gasteiger partial charge on any atom is 0.233 e. The number of aliphatic hydroxyl groups is 1. The molecule has 0 aromatic heterocycles. The van der Waals surface area contributed by atoms with Crippen molar-refractivity contribution in [2.45, 2.75) is 38.1 Å². The van der Waals surface area contributed by atoms with Crippen LogP contribution in [0.4, 0.5) is 0 Å². The number of hydrogen-bond acceptors (Lipinski definition) is 3. The van der Waals surface area contributed by atoms with Crippen LogP contribution in [0.15, 0.2) is 21.5 Å². The van der Waals surface area contributed by atoms with Gasteiger partial charge in [-0.1, -0.05) is 22.9 Å². The number of nitrogens with zero attached hydrogens (tertiary/aromatic N) is 1. The Hall–Kier alpha value is -0.520. The van der Waals surface area contributed by atoms with Gasteiger partial charge in [-0.3, -0.25) is 4.79 Å². The molecule has 116 valence electrons. The second kappa shape index (κ2) is 7.16. The summed E-state index contributed by atoms with van der Waals surface area (Å²) in [7, 11) is 0. The number of aliphatic hydroxyl groups excluding tert-OH is 1. The molecule has 5 heteroatoms. The first-order valence-corrected chi connectivity index (χ1v) is 9.01. The Morgan fingerprint density at radius 1 is 1.43 bits per heavy atom. The molecule has 21 heavy (non-hydrogen) atoms. The lowest BCUT2D eigenvalue weighted by Crippen LogP contribution is -2.40. The first-order valence-electron chi connectivity index (χ1n) is 7.24. The smallest absolute Gasteiger partial charge is 0.233 e. The molecule has 0 radical (unpaired) electrons. The van der Waals surface area contributed by atoms with E-state index in [2.05, 4.69) is 48.8 Å². The van der Waals surface area contributed by atoms with E-state index < -0.39 is 0 Å². The molecule has 1 aliphatic rings. The first-order chi connectivity index (χ1) is 9.93. The van der Waals surface area contributed by atoms with Gasteiger partial charge in [0.05, 0.1) is 18.4 Å². The van der Waals surface area contributed by atoms with Gasteiger partial charge in [0, 0.05) is 15.9 Å². The molecule has 0 bridgehead atoms. The Balaban J connectivity index is 2.00. The molecule has 1 amide bonds. The van der Waals surface area contributed by atoms with Crippen LogP contribution in [0, 0.1) is 19.8 Å². The van der Waals surface area contributed by atoms with E-state index in [1.54, 1.807) is 11.8 Å². The number of aryl methyl sites for hydroxylation is 2. The fourth-order valence-corrected chi connectivity index (χ4v) is 4.18. The number of likely N-dealkylation sites (tertiary alicyclic amines) is 1. The van der Waals surface area contributed by atoms with Crippen molar-refractivity contribution in [3.05, 3.63) is 27.7 Å². The molecule has 2 atom stereocenters. The number of rotatable bonds is 4. The van der Waals surface area contributed by atoms with Gasteiger partial charge in [-0.25, -0.2) is 0 Å². The summed E-state index contributed by atoms with van der Waals surface area (Å²) in [6.45, 7) is 7.05. The molecule has 0 spiro atoms. The molecular weight excluding hydrogens is 350 g/mol. The van der Waals surface area contributed by atoms with Crippen LogP contribution in [0.1, 0.15) is 24.5 Å². The Bertz CT molecular complexity index is 535. The zero-order valence-electron chi connectivity index (χ0n) is 12.7. The van der Waals surface area contributed by atoms with Crippen molar-refractivity contribution in [3.63, 3.8) is 0 Å². The summed E-state index contributed by atoms with van der Waals surface area (Å²) in [4.78, 5) is 15.4. The van der Waals surface area contributed by atoms with Crippen molar-refractivity contribution in [3.8, 4) is 0 Å². The third kappa shape index (κ3) is 3.82. The van der Waals surface area contributed by atoms with E-state index in [4.69, 9.17) is 0 Å². The number of benzene rings is 1. The van der Waals surface area contributed by atoms with Gasteiger partial charge in [-0.2, -0.15) is 0 Å². The predicted molar refractivity (Wildman–Crippen MR) is 90.7 cm³/mol. The van der Waals surface area contributed by atoms with Crippen molar-refractivity contribution in [2.24, 2.45) is 5.92 Å². The van der Waals surface area contributed by atoms with Crippen LogP contribution in [-0.4, -0.2) is 40.9 Å². The molecule has 1 heterocycles. The van der Waals surface area contributed by atoms with Gasteiger partial charge in [-0.05, 0) is 49.4 Å². The lowest BCUT2D eigenvalue weighted by molar-refractivity contribution is -0.130. The van der Waals surface area contributed by atoms with E-state index in [-0.39, 0.29) is 18.6 Å². The highest BCUT2D eigenvalue weighted by Gasteiger charge is 2.33. The van der Waals surface area contributed by atoms with Gasteiger partial charge < -0.3 is 10.0 Å². The van der Waals surface area contributed by atoms with E-state index in [0.29, 0.717) is 11.7 Å². The summed E-state index contributed by atoms with van der Waals surface area (Å²) in [5.74, 6) is 0.953. The van der Waals surface area contributed by atoms with Gasteiger partial charge in [0.1, 0.15) is 0 Å². The SMILES string of the molecule is Cc1cc(SCC(=O)N2CC[C@H](C)[C@@H]2CO)c(C)cc1Br. The van der Waals surface area contributed by atoms with Crippen LogP contribution in [-0.2, 0) is 4.79 Å². The molecule has 1 aromatic rings. The van der Waals surface area contributed by atoms with Crippen molar-refractivity contribution >= 4 is 33.6 Å². The molecule has 1 aromatic carbocycles. The maximum absolute atomic E-state index is 12.4. The topological polar surface area (TPSA) is 40.5 Å². The van der Waals surface area contributed by atoms with Crippen LogP contribution in [0.25, 0.3) is 0 Å². The Labute approximate surface area is 139 Å². The van der Waals surface area contributed by atoms with E-state index in [1.807, 2.05) is 4.90 Å². The minimum Gasteiger partial charge on any atom is -0.394 e. The Kier molecular flexibility index (Phi) is 5.74. The lowest BCUT2D eigenvalue weighted by Gasteiger charge is -2.25. The average Bonchev–Trinajstić information content (AvgIpc) is 2.82. The van der Waals surface area contributed by atoms with E-state index in [1.165, 1.54) is 11.1 Å². The summed E-state index contributed by atoms with van der Waals surface area (Å²) < 4.78 is 1.10. The lowest BCUT2D eigenvalue weighted by atomic mass is 10.0. The minimum atomic E-state index is -0.00847. The summed E-state index contributed by atoms with van der Waals surface area (Å²) in [6, 6.07) is 4.20. The van der Waals surface area contributed by atoms with Gasteiger partial charge in [0.2, 0.25) is 5.91 Å². The largest absolute Gasteiger partial charge is 0.394 e. The van der Waals surface area contributed by atoms with Crippen molar-refractivity contribution in [1.82, 2.24) is 4.90 Å². The van der Waals surface area contributed by atoms with Gasteiger partial charge >= 0.3 is 0 Å². The van der Waals surface area contributed by atoms with Crippen molar-refractivity contribution in [1.29, 1.82) is 0 Å². The number of amides is 1. The number of carbonyl (C=O) groups excluding carboxylic acids is 1. The molecule has 1 fully saturated rings. The van der Waals surface area contributed by atoms with Gasteiger partial charge in [-0.15, -0.1) is 11.8 Å². The predicted octanol–water partition coefficient (Wildman–Crippen LogP) is 3.39. The van der Waals surface area contributed by atoms with Crippen LogP contribution >= 0.6 is 27.7 Å². The number of hydrogen-bond donors (Lipinski definition) is 1. The molecule has 3 nitrogen and oxygen atoms in total. The fraction of sp³-hybridized carbons (Fsp3) is 0.562. The summed E-state index contributed by atoms with van der Waals surface area (Å²) in [5, 5.41) is 9.45. The maximum atomic E-state index is 12.4.